The molecule has 0 saturated heterocycles. The fourth-order valence-electron chi connectivity index (χ4n) is 4.32. The first-order valence-corrected chi connectivity index (χ1v) is 12.4. The number of rotatable bonds is 9. The minimum Gasteiger partial charge on any atom is -0.354 e. The van der Waals surface area contributed by atoms with E-state index < -0.39 is 6.04 Å². The zero-order chi connectivity index (χ0) is 25.1. The molecule has 1 unspecified atom stereocenters. The molecule has 182 valence electrons. The van der Waals surface area contributed by atoms with E-state index in [2.05, 4.69) is 5.32 Å². The molecule has 3 aromatic rings. The van der Waals surface area contributed by atoms with Crippen molar-refractivity contribution in [2.45, 2.75) is 39.3 Å². The third-order valence-electron chi connectivity index (χ3n) is 6.28. The van der Waals surface area contributed by atoms with Crippen LogP contribution in [0.4, 0.5) is 5.69 Å². The van der Waals surface area contributed by atoms with Crippen molar-refractivity contribution in [3.8, 4) is 0 Å². The Morgan fingerprint density at radius 2 is 1.80 bits per heavy atom. The highest BCUT2D eigenvalue weighted by Gasteiger charge is 2.34. The lowest BCUT2D eigenvalue weighted by atomic mass is 10.1. The average molecular weight is 512 g/mol. The molecule has 1 aliphatic rings. The van der Waals surface area contributed by atoms with E-state index in [0.717, 1.165) is 29.2 Å². The minimum atomic E-state index is -0.746. The van der Waals surface area contributed by atoms with Gasteiger partial charge in [0.15, 0.2) is 0 Å². The predicted octanol–water partition coefficient (Wildman–Crippen LogP) is 5.44. The molecule has 0 aliphatic carbocycles. The summed E-state index contributed by atoms with van der Waals surface area (Å²) in [7, 11) is 0. The molecule has 0 bridgehead atoms. The number of amides is 3. The third-order valence-corrected chi connectivity index (χ3v) is 7.02. The van der Waals surface area contributed by atoms with Gasteiger partial charge in [0, 0.05) is 24.0 Å². The lowest BCUT2D eigenvalue weighted by Gasteiger charge is -2.30. The SMILES string of the molecule is CCCCNC(=O)C(C)N(Cc1ccc(Cl)c(Cl)c1)C(=O)CN1C(=O)c2cccc3cccc1c23. The number of nitrogens with zero attached hydrogens (tertiary/aromatic N) is 2. The van der Waals surface area contributed by atoms with E-state index in [9.17, 15) is 14.4 Å². The van der Waals surface area contributed by atoms with E-state index >= 15 is 0 Å². The van der Waals surface area contributed by atoms with Gasteiger partial charge in [-0.3, -0.25) is 19.3 Å². The molecular weight excluding hydrogens is 485 g/mol. The van der Waals surface area contributed by atoms with E-state index in [-0.39, 0.29) is 30.8 Å². The zero-order valence-corrected chi connectivity index (χ0v) is 21.2. The fraction of sp³-hybridized carbons (Fsp3) is 0.296. The summed E-state index contributed by atoms with van der Waals surface area (Å²) in [4.78, 5) is 42.7. The van der Waals surface area contributed by atoms with Crippen LogP contribution in [0.1, 0.15) is 42.6 Å². The second-order valence-electron chi connectivity index (χ2n) is 8.66. The molecule has 3 aromatic carbocycles. The summed E-state index contributed by atoms with van der Waals surface area (Å²) < 4.78 is 0. The maximum atomic E-state index is 13.6. The molecule has 8 heteroatoms. The van der Waals surface area contributed by atoms with Gasteiger partial charge in [0.05, 0.1) is 15.7 Å². The van der Waals surface area contributed by atoms with Gasteiger partial charge in [-0.1, -0.05) is 66.9 Å². The summed E-state index contributed by atoms with van der Waals surface area (Å²) in [5.74, 6) is -0.808. The van der Waals surface area contributed by atoms with Crippen molar-refractivity contribution in [3.05, 3.63) is 75.8 Å². The summed E-state index contributed by atoms with van der Waals surface area (Å²) in [6.45, 7) is 4.24. The normalized spacial score (nSPS) is 13.3. The summed E-state index contributed by atoms with van der Waals surface area (Å²) >= 11 is 12.2. The number of anilines is 1. The quantitative estimate of drug-likeness (QED) is 0.388. The Labute approximate surface area is 214 Å². The van der Waals surface area contributed by atoms with Gasteiger partial charge >= 0.3 is 0 Å². The molecule has 1 heterocycles. The highest BCUT2D eigenvalue weighted by molar-refractivity contribution is 6.42. The Kier molecular flexibility index (Phi) is 7.63. The molecule has 0 fully saturated rings. The number of unbranched alkanes of at least 4 members (excludes halogenated alkanes) is 1. The van der Waals surface area contributed by atoms with E-state index in [1.54, 1.807) is 31.2 Å². The van der Waals surface area contributed by atoms with Crippen LogP contribution >= 0.6 is 23.2 Å². The van der Waals surface area contributed by atoms with Crippen molar-refractivity contribution in [2.24, 2.45) is 0 Å². The number of carbonyl (C=O) groups is 3. The third kappa shape index (κ3) is 5.14. The van der Waals surface area contributed by atoms with Crippen molar-refractivity contribution >= 4 is 57.4 Å². The molecule has 3 amide bonds. The number of carbonyl (C=O) groups excluding carboxylic acids is 3. The number of hydrogen-bond acceptors (Lipinski definition) is 3. The zero-order valence-electron chi connectivity index (χ0n) is 19.7. The first kappa shape index (κ1) is 25.0. The topological polar surface area (TPSA) is 69.7 Å². The van der Waals surface area contributed by atoms with Crippen LogP contribution in [0.15, 0.2) is 54.6 Å². The Bertz CT molecular complexity index is 1290. The smallest absolute Gasteiger partial charge is 0.259 e. The molecule has 35 heavy (non-hydrogen) atoms. The molecule has 0 radical (unpaired) electrons. The van der Waals surface area contributed by atoms with Gasteiger partial charge < -0.3 is 10.2 Å². The Morgan fingerprint density at radius 1 is 1.06 bits per heavy atom. The van der Waals surface area contributed by atoms with Crippen molar-refractivity contribution in [2.75, 3.05) is 18.0 Å². The van der Waals surface area contributed by atoms with Gasteiger partial charge in [-0.15, -0.1) is 0 Å². The van der Waals surface area contributed by atoms with Gasteiger partial charge in [0.1, 0.15) is 12.6 Å². The van der Waals surface area contributed by atoms with Crippen molar-refractivity contribution in [3.63, 3.8) is 0 Å². The highest BCUT2D eigenvalue weighted by Crippen LogP contribution is 2.37. The van der Waals surface area contributed by atoms with Gasteiger partial charge in [-0.25, -0.2) is 0 Å². The number of halogens is 2. The summed E-state index contributed by atoms with van der Waals surface area (Å²) in [5, 5.41) is 5.46. The molecule has 1 aliphatic heterocycles. The van der Waals surface area contributed by atoms with E-state index in [1.165, 1.54) is 9.80 Å². The van der Waals surface area contributed by atoms with Crippen molar-refractivity contribution < 1.29 is 14.4 Å². The number of nitrogens with one attached hydrogen (secondary N) is 1. The molecular formula is C27H27Cl2N3O3. The first-order valence-electron chi connectivity index (χ1n) is 11.7. The summed E-state index contributed by atoms with van der Waals surface area (Å²) in [5.41, 5.74) is 2.01. The number of benzene rings is 3. The number of hydrogen-bond donors (Lipinski definition) is 1. The molecule has 0 spiro atoms. The lowest BCUT2D eigenvalue weighted by Crippen LogP contribution is -2.51. The van der Waals surface area contributed by atoms with Crippen LogP contribution in [-0.4, -0.2) is 41.8 Å². The predicted molar refractivity (Wildman–Crippen MR) is 140 cm³/mol. The van der Waals surface area contributed by atoms with E-state index in [1.807, 2.05) is 37.3 Å². The maximum absolute atomic E-state index is 13.6. The standard InChI is InChI=1S/C27H27Cl2N3O3/c1-3-4-13-30-26(34)17(2)31(15-18-11-12-21(28)22(29)14-18)24(33)16-32-23-10-6-8-19-7-5-9-20(25(19)23)27(32)35/h5-12,14,17H,3-4,13,15-16H2,1-2H3,(H,30,34). The molecule has 6 nitrogen and oxygen atoms in total. The average Bonchev–Trinajstić information content (AvgIpc) is 3.12. The molecule has 4 rings (SSSR count). The molecule has 0 aromatic heterocycles. The second kappa shape index (κ2) is 10.7. The highest BCUT2D eigenvalue weighted by atomic mass is 35.5. The largest absolute Gasteiger partial charge is 0.354 e. The van der Waals surface area contributed by atoms with E-state index in [4.69, 9.17) is 23.2 Å². The van der Waals surface area contributed by atoms with Crippen LogP contribution in [0.25, 0.3) is 10.8 Å². The van der Waals surface area contributed by atoms with Crippen LogP contribution in [0.5, 0.6) is 0 Å². The van der Waals surface area contributed by atoms with Crippen molar-refractivity contribution in [1.29, 1.82) is 0 Å². The summed E-state index contributed by atoms with van der Waals surface area (Å²) in [6, 6.07) is 15.6. The molecule has 0 saturated carbocycles. The van der Waals surface area contributed by atoms with Gasteiger partial charge in [-0.2, -0.15) is 0 Å². The van der Waals surface area contributed by atoms with Gasteiger partial charge in [-0.05, 0) is 48.6 Å². The Hall–Kier alpha value is -3.09. The van der Waals surface area contributed by atoms with Crippen LogP contribution in [0.2, 0.25) is 10.0 Å². The maximum Gasteiger partial charge on any atom is 0.259 e. The van der Waals surface area contributed by atoms with Gasteiger partial charge in [0.2, 0.25) is 11.8 Å². The van der Waals surface area contributed by atoms with Crippen LogP contribution in [0.3, 0.4) is 0 Å². The van der Waals surface area contributed by atoms with E-state index in [0.29, 0.717) is 27.8 Å². The minimum absolute atomic E-state index is 0.150. The Morgan fingerprint density at radius 3 is 2.51 bits per heavy atom. The Balaban J connectivity index is 1.60. The monoisotopic (exact) mass is 511 g/mol. The van der Waals surface area contributed by atoms with Crippen LogP contribution in [-0.2, 0) is 16.1 Å². The second-order valence-corrected chi connectivity index (χ2v) is 9.48. The van der Waals surface area contributed by atoms with Crippen molar-refractivity contribution in [1.82, 2.24) is 10.2 Å². The summed E-state index contributed by atoms with van der Waals surface area (Å²) in [6.07, 6.45) is 1.80. The van der Waals surface area contributed by atoms with Crippen LogP contribution < -0.4 is 10.2 Å². The lowest BCUT2D eigenvalue weighted by molar-refractivity contribution is -0.139. The fourth-order valence-corrected chi connectivity index (χ4v) is 4.64. The molecule has 1 atom stereocenters. The van der Waals surface area contributed by atoms with Crippen LogP contribution in [0, 0.1) is 0 Å². The first-order chi connectivity index (χ1) is 16.8. The van der Waals surface area contributed by atoms with Gasteiger partial charge in [0.25, 0.3) is 5.91 Å². The molecule has 1 N–H and O–H groups in total.